The lowest BCUT2D eigenvalue weighted by molar-refractivity contribution is -0.0855. The van der Waals surface area contributed by atoms with Crippen molar-refractivity contribution in [3.8, 4) is 28.1 Å². The third-order valence-corrected chi connectivity index (χ3v) is 6.27. The summed E-state index contributed by atoms with van der Waals surface area (Å²) in [7, 11) is 6.95. The molecule has 0 aliphatic carbocycles. The van der Waals surface area contributed by atoms with E-state index in [0.717, 1.165) is 34.4 Å². The van der Waals surface area contributed by atoms with Gasteiger partial charge in [0.2, 0.25) is 0 Å². The molecule has 0 saturated heterocycles. The summed E-state index contributed by atoms with van der Waals surface area (Å²) in [5.41, 5.74) is 3.67. The van der Waals surface area contributed by atoms with Gasteiger partial charge in [-0.25, -0.2) is 4.79 Å². The van der Waals surface area contributed by atoms with E-state index in [9.17, 15) is 14.7 Å². The molecular formula is C28H33ClN2O6. The van der Waals surface area contributed by atoms with Crippen LogP contribution >= 0.6 is 11.6 Å². The maximum atomic E-state index is 12.4. The predicted molar refractivity (Wildman–Crippen MR) is 145 cm³/mol. The van der Waals surface area contributed by atoms with Gasteiger partial charge in [0, 0.05) is 69.2 Å². The predicted octanol–water partition coefficient (Wildman–Crippen LogP) is 5.18. The van der Waals surface area contributed by atoms with Gasteiger partial charge in [-0.15, -0.1) is 0 Å². The van der Waals surface area contributed by atoms with E-state index in [1.165, 1.54) is 12.3 Å². The lowest BCUT2D eigenvalue weighted by Gasteiger charge is -2.29. The fourth-order valence-corrected chi connectivity index (χ4v) is 4.31. The van der Waals surface area contributed by atoms with Crippen molar-refractivity contribution in [2.24, 2.45) is 0 Å². The largest absolute Gasteiger partial charge is 0.493 e. The number of aromatic nitrogens is 1. The Morgan fingerprint density at radius 2 is 1.86 bits per heavy atom. The number of pyridine rings is 1. The van der Waals surface area contributed by atoms with E-state index in [0.29, 0.717) is 30.5 Å². The Morgan fingerprint density at radius 3 is 2.49 bits per heavy atom. The summed E-state index contributed by atoms with van der Waals surface area (Å²) in [6.07, 6.45) is 2.20. The molecule has 2 aromatic carbocycles. The SMILES string of the molecule is COCCCOc1cc2c(cc1-c1cccc(Cl)c1)-c1cc(=O)c(C(=O)O)cn1CC2C.CON(C)C. The van der Waals surface area contributed by atoms with Crippen LogP contribution in [0.4, 0.5) is 0 Å². The maximum Gasteiger partial charge on any atom is 0.341 e. The van der Waals surface area contributed by atoms with Gasteiger partial charge in [0.1, 0.15) is 11.3 Å². The summed E-state index contributed by atoms with van der Waals surface area (Å²) in [5, 5.41) is 11.6. The molecule has 0 amide bonds. The number of carboxylic acid groups (broad SMARTS) is 1. The number of halogens is 1. The smallest absolute Gasteiger partial charge is 0.341 e. The molecule has 0 bridgehead atoms. The van der Waals surface area contributed by atoms with Crippen molar-refractivity contribution in [3.63, 3.8) is 0 Å². The van der Waals surface area contributed by atoms with Crippen LogP contribution in [0.15, 0.2) is 53.5 Å². The number of hydrogen-bond acceptors (Lipinski definition) is 6. The van der Waals surface area contributed by atoms with E-state index in [2.05, 4.69) is 11.8 Å². The molecule has 0 saturated carbocycles. The van der Waals surface area contributed by atoms with Crippen LogP contribution < -0.4 is 10.2 Å². The van der Waals surface area contributed by atoms with Crippen molar-refractivity contribution in [2.75, 3.05) is 41.5 Å². The molecule has 0 radical (unpaired) electrons. The molecule has 8 nitrogen and oxygen atoms in total. The minimum Gasteiger partial charge on any atom is -0.493 e. The minimum atomic E-state index is -1.22. The summed E-state index contributed by atoms with van der Waals surface area (Å²) in [5.74, 6) is -0.369. The Bertz CT molecular complexity index is 1300. The second-order valence-corrected chi connectivity index (χ2v) is 9.37. The number of hydroxylamine groups is 2. The molecule has 0 spiro atoms. The highest BCUT2D eigenvalue weighted by Gasteiger charge is 2.26. The second-order valence-electron chi connectivity index (χ2n) is 8.93. The van der Waals surface area contributed by atoms with E-state index in [4.69, 9.17) is 21.1 Å². The van der Waals surface area contributed by atoms with Gasteiger partial charge in [-0.1, -0.05) is 30.7 Å². The number of methoxy groups -OCH3 is 1. The molecular weight excluding hydrogens is 496 g/mol. The van der Waals surface area contributed by atoms with Crippen LogP contribution in [0.25, 0.3) is 22.4 Å². The molecule has 9 heteroatoms. The van der Waals surface area contributed by atoms with Crippen LogP contribution in [-0.4, -0.2) is 62.2 Å². The quantitative estimate of drug-likeness (QED) is 0.318. The van der Waals surface area contributed by atoms with Crippen molar-refractivity contribution in [2.45, 2.75) is 25.8 Å². The Kier molecular flexibility index (Phi) is 9.88. The number of fused-ring (bicyclic) bond motifs is 3. The summed E-state index contributed by atoms with van der Waals surface area (Å²) < 4.78 is 13.1. The van der Waals surface area contributed by atoms with Gasteiger partial charge in [-0.2, -0.15) is 5.06 Å². The highest BCUT2D eigenvalue weighted by atomic mass is 35.5. The first-order chi connectivity index (χ1) is 17.7. The van der Waals surface area contributed by atoms with Crippen molar-refractivity contribution < 1.29 is 24.2 Å². The number of carbonyl (C=O) groups is 1. The average Bonchev–Trinajstić information content (AvgIpc) is 2.86. The minimum absolute atomic E-state index is 0.108. The average molecular weight is 529 g/mol. The number of hydrogen-bond donors (Lipinski definition) is 1. The summed E-state index contributed by atoms with van der Waals surface area (Å²) in [6.45, 7) is 3.76. The number of benzene rings is 2. The van der Waals surface area contributed by atoms with Crippen LogP contribution in [0.3, 0.4) is 0 Å². The molecule has 1 aliphatic rings. The Morgan fingerprint density at radius 1 is 1.14 bits per heavy atom. The lowest BCUT2D eigenvalue weighted by atomic mass is 9.86. The molecule has 2 heterocycles. The Labute approximate surface area is 221 Å². The van der Waals surface area contributed by atoms with Crippen LogP contribution in [0.5, 0.6) is 5.75 Å². The molecule has 1 unspecified atom stereocenters. The zero-order valence-corrected chi connectivity index (χ0v) is 22.5. The van der Waals surface area contributed by atoms with Gasteiger partial charge >= 0.3 is 5.97 Å². The van der Waals surface area contributed by atoms with Crippen LogP contribution in [0.1, 0.15) is 35.2 Å². The first-order valence-electron chi connectivity index (χ1n) is 11.9. The lowest BCUT2D eigenvalue weighted by Crippen LogP contribution is -2.23. The van der Waals surface area contributed by atoms with Gasteiger partial charge in [0.05, 0.1) is 19.4 Å². The first-order valence-corrected chi connectivity index (χ1v) is 12.3. The first kappa shape index (κ1) is 28.4. The highest BCUT2D eigenvalue weighted by molar-refractivity contribution is 6.30. The van der Waals surface area contributed by atoms with Crippen molar-refractivity contribution in [3.05, 3.63) is 75.0 Å². The fourth-order valence-electron chi connectivity index (χ4n) is 4.12. The molecule has 1 aliphatic heterocycles. The Hall–Kier alpha value is -3.17. The molecule has 1 atom stereocenters. The molecule has 4 rings (SSSR count). The van der Waals surface area contributed by atoms with E-state index in [-0.39, 0.29) is 11.5 Å². The monoisotopic (exact) mass is 528 g/mol. The molecule has 0 fully saturated rings. The number of aromatic carboxylic acids is 1. The molecule has 37 heavy (non-hydrogen) atoms. The van der Waals surface area contributed by atoms with Crippen LogP contribution in [-0.2, 0) is 16.1 Å². The summed E-state index contributed by atoms with van der Waals surface area (Å²) in [4.78, 5) is 28.5. The molecule has 198 valence electrons. The van der Waals surface area contributed by atoms with Crippen molar-refractivity contribution in [1.29, 1.82) is 0 Å². The number of ether oxygens (including phenoxy) is 2. The van der Waals surface area contributed by atoms with Crippen molar-refractivity contribution in [1.82, 2.24) is 9.63 Å². The maximum absolute atomic E-state index is 12.4. The normalized spacial score (nSPS) is 13.9. The van der Waals surface area contributed by atoms with Crippen LogP contribution in [0, 0.1) is 0 Å². The van der Waals surface area contributed by atoms with E-state index >= 15 is 0 Å². The van der Waals surface area contributed by atoms with Gasteiger partial charge in [0.15, 0.2) is 5.43 Å². The topological polar surface area (TPSA) is 90.2 Å². The third-order valence-electron chi connectivity index (χ3n) is 6.04. The van der Waals surface area contributed by atoms with Gasteiger partial charge in [-0.3, -0.25) is 4.79 Å². The zero-order chi connectivity index (χ0) is 27.1. The van der Waals surface area contributed by atoms with Gasteiger partial charge in [-0.05, 0) is 41.3 Å². The van der Waals surface area contributed by atoms with Crippen molar-refractivity contribution >= 4 is 17.6 Å². The molecule has 1 aromatic heterocycles. The van der Waals surface area contributed by atoms with Gasteiger partial charge in [0.25, 0.3) is 0 Å². The third kappa shape index (κ3) is 6.99. The summed E-state index contributed by atoms with van der Waals surface area (Å²) >= 11 is 6.25. The highest BCUT2D eigenvalue weighted by Crippen LogP contribution is 2.43. The Balaban J connectivity index is 0.000000695. The molecule has 1 N–H and O–H groups in total. The number of nitrogens with zero attached hydrogens (tertiary/aromatic N) is 2. The van der Waals surface area contributed by atoms with Crippen LogP contribution in [0.2, 0.25) is 5.02 Å². The fraction of sp³-hybridized carbons (Fsp3) is 0.357. The van der Waals surface area contributed by atoms with Gasteiger partial charge < -0.3 is 24.0 Å². The zero-order valence-electron chi connectivity index (χ0n) is 21.8. The number of rotatable bonds is 8. The second kappa shape index (κ2) is 12.9. The molecule has 3 aromatic rings. The number of carboxylic acids is 1. The van der Waals surface area contributed by atoms with E-state index in [1.807, 2.05) is 55.1 Å². The van der Waals surface area contributed by atoms with E-state index < -0.39 is 11.4 Å². The summed E-state index contributed by atoms with van der Waals surface area (Å²) in [6, 6.07) is 13.0. The van der Waals surface area contributed by atoms with E-state index in [1.54, 1.807) is 19.3 Å². The standard InChI is InChI=1S/C25H24ClNO5.C3H9NO/c1-15-13-27-14-21(25(29)30)23(28)12-22(27)20-10-19(16-5-3-6-17(26)9-16)24(11-18(15)20)32-8-4-7-31-2;1-4(2)5-3/h3,5-6,9-12,14-15H,4,7-8,13H2,1-2H3,(H,29,30);1-3H3.